The zero-order chi connectivity index (χ0) is 9.14. The van der Waals surface area contributed by atoms with Crippen LogP contribution < -0.4 is 0 Å². The second-order valence-corrected chi connectivity index (χ2v) is 2.44. The zero-order valence-corrected chi connectivity index (χ0v) is 23.5. The van der Waals surface area contributed by atoms with Gasteiger partial charge in [0.25, 0.3) is 0 Å². The molecule has 0 spiro atoms. The molecule has 21 heavy (non-hydrogen) atoms. The summed E-state index contributed by atoms with van der Waals surface area (Å²) < 4.78 is 0. The molecule has 1 rings (SSSR count). The summed E-state index contributed by atoms with van der Waals surface area (Å²) in [4.78, 5) is 0. The van der Waals surface area contributed by atoms with Crippen molar-refractivity contribution in [1.29, 1.82) is 0 Å². The summed E-state index contributed by atoms with van der Waals surface area (Å²) in [5.41, 5.74) is 0.407. The molecular weight excluding hydrogens is 595 g/mol. The maximum Gasteiger partial charge on any atom is 0.176 e. The van der Waals surface area contributed by atoms with Gasteiger partial charge < -0.3 is 58.6 Å². The zero-order valence-electron chi connectivity index (χ0n) is 11.4. The molecule has 14 heteroatoms. The van der Waals surface area contributed by atoms with Crippen LogP contribution in [-0.4, -0.2) is 72.4 Å². The average molecular weight is 617 g/mol. The van der Waals surface area contributed by atoms with Gasteiger partial charge in [0.2, 0.25) is 0 Å². The minimum atomic E-state index is -1.62. The molecule has 1 aliphatic rings. The first kappa shape index (κ1) is 57.0. The van der Waals surface area contributed by atoms with Crippen LogP contribution in [0.4, 0.5) is 0 Å². The van der Waals surface area contributed by atoms with Crippen molar-refractivity contribution in [3.05, 3.63) is 28.7 Å². The van der Waals surface area contributed by atoms with Gasteiger partial charge in [0.1, 0.15) is 0 Å². The van der Waals surface area contributed by atoms with E-state index < -0.39 is 12.6 Å². The molecule has 0 aliphatic carbocycles. The SMILES string of the molecule is O.O.O.O.O.O.OC(O)C1=C[N-]CC(C(O)O)=C1.[Cd].[Cd].[Cd]. The van der Waals surface area contributed by atoms with Gasteiger partial charge >= 0.3 is 0 Å². The van der Waals surface area contributed by atoms with Crippen LogP contribution in [0.5, 0.6) is 0 Å². The van der Waals surface area contributed by atoms with Crippen LogP contribution in [-0.2, 0) is 81.9 Å². The summed E-state index contributed by atoms with van der Waals surface area (Å²) >= 11 is 0. The second kappa shape index (κ2) is 29.6. The fourth-order valence-corrected chi connectivity index (χ4v) is 0.851. The molecule has 11 nitrogen and oxygen atoms in total. The molecule has 0 fully saturated rings. The van der Waals surface area contributed by atoms with Crippen LogP contribution in [0, 0.1) is 0 Å². The van der Waals surface area contributed by atoms with Crippen molar-refractivity contribution < 1.29 is 135 Å². The molecule has 0 saturated heterocycles. The Hall–Kier alpha value is 1.65. The monoisotopic (exact) mass is 622 g/mol. The summed E-state index contributed by atoms with van der Waals surface area (Å²) in [5, 5.41) is 38.5. The molecule has 1 heterocycles. The van der Waals surface area contributed by atoms with Crippen LogP contribution in [0.1, 0.15) is 0 Å². The molecule has 0 radical (unpaired) electrons. The fraction of sp³-hybridized carbons (Fsp3) is 0.429. The van der Waals surface area contributed by atoms with Crippen LogP contribution >= 0.6 is 0 Å². The standard InChI is InChI=1S/C7H10NO4.3Cd.6H2O/c9-6(10)4-1-5(7(11)12)3-8-2-4;;;;;;;;;/h1-2,6-7,9-12H,3H2;;;;6*1H2/q-1;;;;;;;;;. The smallest absolute Gasteiger partial charge is 0.176 e. The molecule has 1 aliphatic heterocycles. The van der Waals surface area contributed by atoms with Gasteiger partial charge in [0, 0.05) is 81.9 Å². The maximum absolute atomic E-state index is 8.71. The van der Waals surface area contributed by atoms with E-state index in [-0.39, 0.29) is 132 Å². The number of aliphatic hydroxyl groups excluding tert-OH is 2. The van der Waals surface area contributed by atoms with Gasteiger partial charge in [-0.15, -0.1) is 6.54 Å². The predicted octanol–water partition coefficient (Wildman–Crippen LogP) is -6.15. The van der Waals surface area contributed by atoms with E-state index in [1.165, 1.54) is 12.3 Å². The minimum Gasteiger partial charge on any atom is -0.687 e. The number of hydrogen-bond donors (Lipinski definition) is 4. The number of rotatable bonds is 2. The van der Waals surface area contributed by atoms with Crippen molar-refractivity contribution in [2.75, 3.05) is 6.54 Å². The Morgan fingerprint density at radius 2 is 1.14 bits per heavy atom. The third-order valence-electron chi connectivity index (χ3n) is 1.50. The number of aliphatic hydroxyl groups is 4. The molecule has 0 atom stereocenters. The van der Waals surface area contributed by atoms with Crippen LogP contribution in [0.2, 0.25) is 0 Å². The summed E-state index contributed by atoms with van der Waals surface area (Å²) in [6.07, 6.45) is -0.613. The third kappa shape index (κ3) is 21.6. The molecule has 16 N–H and O–H groups in total. The first-order chi connectivity index (χ1) is 5.61. The molecule has 0 aromatic heterocycles. The van der Waals surface area contributed by atoms with E-state index in [9.17, 15) is 0 Å². The first-order valence-electron chi connectivity index (χ1n) is 3.40. The van der Waals surface area contributed by atoms with Crippen LogP contribution in [0.3, 0.4) is 0 Å². The Morgan fingerprint density at radius 3 is 1.43 bits per heavy atom. The summed E-state index contributed by atoms with van der Waals surface area (Å²) in [5.74, 6) is 0. The van der Waals surface area contributed by atoms with E-state index in [1.54, 1.807) is 0 Å². The van der Waals surface area contributed by atoms with Crippen molar-refractivity contribution >= 4 is 0 Å². The van der Waals surface area contributed by atoms with Crippen molar-refractivity contribution in [1.82, 2.24) is 0 Å². The van der Waals surface area contributed by atoms with E-state index in [0.717, 1.165) is 0 Å². The van der Waals surface area contributed by atoms with Gasteiger partial charge in [-0.2, -0.15) is 6.20 Å². The van der Waals surface area contributed by atoms with E-state index in [1.807, 2.05) is 0 Å². The molecule has 0 bridgehead atoms. The molecule has 0 aromatic rings. The van der Waals surface area contributed by atoms with Gasteiger partial charge in [-0.1, -0.05) is 6.08 Å². The van der Waals surface area contributed by atoms with E-state index in [2.05, 4.69) is 5.32 Å². The number of hydrogen-bond acceptors (Lipinski definition) is 4. The Balaban J connectivity index is -0.0000000229. The Bertz CT molecular complexity index is 239. The van der Waals surface area contributed by atoms with E-state index in [0.29, 0.717) is 0 Å². The summed E-state index contributed by atoms with van der Waals surface area (Å²) in [6.45, 7) is 0.174. The van der Waals surface area contributed by atoms with Gasteiger partial charge in [-0.05, 0) is 11.1 Å². The molecule has 0 saturated carbocycles. The van der Waals surface area contributed by atoms with E-state index in [4.69, 9.17) is 20.4 Å². The topological polar surface area (TPSA) is 284 Å². The first-order valence-corrected chi connectivity index (χ1v) is 3.40. The van der Waals surface area contributed by atoms with Gasteiger partial charge in [0.15, 0.2) is 12.6 Å². The maximum atomic E-state index is 8.71. The average Bonchev–Trinajstić information content (AvgIpc) is 2.04. The molecular formula is C7H22Cd3NO10-. The largest absolute Gasteiger partial charge is 0.687 e. The van der Waals surface area contributed by atoms with Crippen molar-refractivity contribution in [2.45, 2.75) is 12.6 Å². The summed E-state index contributed by atoms with van der Waals surface area (Å²) in [6, 6.07) is 0. The van der Waals surface area contributed by atoms with Crippen LogP contribution in [0.25, 0.3) is 5.32 Å². The van der Waals surface area contributed by atoms with Crippen LogP contribution in [0.15, 0.2) is 23.4 Å². The van der Waals surface area contributed by atoms with Crippen molar-refractivity contribution in [2.24, 2.45) is 0 Å². The Morgan fingerprint density at radius 1 is 0.762 bits per heavy atom. The van der Waals surface area contributed by atoms with Gasteiger partial charge in [0.05, 0.1) is 0 Å². The van der Waals surface area contributed by atoms with Crippen molar-refractivity contribution in [3.8, 4) is 0 Å². The quantitative estimate of drug-likeness (QED) is 0.174. The molecule has 0 amide bonds. The van der Waals surface area contributed by atoms with Crippen molar-refractivity contribution in [3.63, 3.8) is 0 Å². The Kier molecular flexibility index (Phi) is 80.4. The predicted molar refractivity (Wildman–Crippen MR) is 62.5 cm³/mol. The molecule has 0 unspecified atom stereocenters. The normalized spacial score (nSPS) is 10.0. The summed E-state index contributed by atoms with van der Waals surface area (Å²) in [7, 11) is 0. The third-order valence-corrected chi connectivity index (χ3v) is 1.50. The minimum absolute atomic E-state index is 0. The van der Waals surface area contributed by atoms with Gasteiger partial charge in [-0.3, -0.25) is 0 Å². The molecule has 122 valence electrons. The van der Waals surface area contributed by atoms with Gasteiger partial charge in [-0.25, -0.2) is 0 Å². The fourth-order valence-electron chi connectivity index (χ4n) is 0.851. The molecule has 0 aromatic carbocycles. The van der Waals surface area contributed by atoms with E-state index >= 15 is 0 Å². The number of nitrogens with zero attached hydrogens (tertiary/aromatic N) is 1. The second-order valence-electron chi connectivity index (χ2n) is 2.44. The Labute approximate surface area is 181 Å².